The van der Waals surface area contributed by atoms with Crippen LogP contribution in [0.25, 0.3) is 0 Å². The van der Waals surface area contributed by atoms with E-state index in [1.807, 2.05) is 23.9 Å². The Labute approximate surface area is 119 Å². The normalized spacial score (nSPS) is 24.3. The third-order valence-electron chi connectivity index (χ3n) is 3.66. The maximum absolute atomic E-state index is 6.42. The van der Waals surface area contributed by atoms with Crippen LogP contribution in [0, 0.1) is 0 Å². The molecule has 0 spiro atoms. The van der Waals surface area contributed by atoms with E-state index in [-0.39, 0.29) is 0 Å². The zero-order chi connectivity index (χ0) is 13.1. The Bertz CT molecular complexity index is 411. The summed E-state index contributed by atoms with van der Waals surface area (Å²) in [6, 6.07) is 6.66. The van der Waals surface area contributed by atoms with E-state index in [0.29, 0.717) is 17.8 Å². The Morgan fingerprint density at radius 3 is 2.94 bits per heavy atom. The molecule has 4 heteroatoms. The number of anilines is 1. The molecule has 2 rings (SSSR count). The summed E-state index contributed by atoms with van der Waals surface area (Å²) in [5.41, 5.74) is 8.18. The van der Waals surface area contributed by atoms with Gasteiger partial charge < -0.3 is 10.6 Å². The molecule has 1 saturated heterocycles. The van der Waals surface area contributed by atoms with Crippen molar-refractivity contribution in [3.63, 3.8) is 0 Å². The number of nitrogens with two attached hydrogens (primary N) is 1. The maximum Gasteiger partial charge on any atom is 0.0642 e. The van der Waals surface area contributed by atoms with Gasteiger partial charge in [-0.3, -0.25) is 0 Å². The van der Waals surface area contributed by atoms with Crippen molar-refractivity contribution in [3.8, 4) is 0 Å². The second-order valence-corrected chi connectivity index (χ2v) is 6.69. The van der Waals surface area contributed by atoms with Gasteiger partial charge >= 0.3 is 0 Å². The van der Waals surface area contributed by atoms with Gasteiger partial charge in [-0.05, 0) is 31.5 Å². The Morgan fingerprint density at radius 1 is 1.44 bits per heavy atom. The first-order valence-electron chi connectivity index (χ1n) is 6.51. The molecule has 1 aliphatic heterocycles. The van der Waals surface area contributed by atoms with Crippen molar-refractivity contribution in [3.05, 3.63) is 28.8 Å². The highest BCUT2D eigenvalue weighted by molar-refractivity contribution is 8.00. The van der Waals surface area contributed by atoms with E-state index in [4.69, 9.17) is 17.3 Å². The van der Waals surface area contributed by atoms with E-state index in [1.54, 1.807) is 0 Å². The highest BCUT2D eigenvalue weighted by Gasteiger charge is 2.27. The van der Waals surface area contributed by atoms with Crippen LogP contribution in [0.1, 0.15) is 19.4 Å². The number of nitrogens with zero attached hydrogens (tertiary/aromatic N) is 1. The van der Waals surface area contributed by atoms with Gasteiger partial charge in [-0.2, -0.15) is 11.8 Å². The maximum atomic E-state index is 6.42. The van der Waals surface area contributed by atoms with Crippen molar-refractivity contribution in [2.24, 2.45) is 5.73 Å². The second-order valence-electron chi connectivity index (χ2n) is 4.80. The number of para-hydroxylation sites is 1. The lowest BCUT2D eigenvalue weighted by molar-refractivity contribution is 0.624. The second kappa shape index (κ2) is 6.18. The zero-order valence-corrected chi connectivity index (χ0v) is 12.6. The molecule has 2 nitrogen and oxygen atoms in total. The molecular formula is C14H21ClN2S. The van der Waals surface area contributed by atoms with Gasteiger partial charge in [0.15, 0.2) is 0 Å². The fourth-order valence-electron chi connectivity index (χ4n) is 2.49. The van der Waals surface area contributed by atoms with E-state index in [9.17, 15) is 0 Å². The molecule has 1 aromatic carbocycles. The first kappa shape index (κ1) is 14.0. The predicted molar refractivity (Wildman–Crippen MR) is 82.9 cm³/mol. The topological polar surface area (TPSA) is 29.3 Å². The molecule has 0 bridgehead atoms. The quantitative estimate of drug-likeness (QED) is 0.924. The van der Waals surface area contributed by atoms with Crippen LogP contribution in [-0.2, 0) is 6.42 Å². The zero-order valence-electron chi connectivity index (χ0n) is 11.0. The molecule has 100 valence electrons. The molecule has 1 heterocycles. The number of hydrogen-bond donors (Lipinski definition) is 1. The van der Waals surface area contributed by atoms with E-state index in [1.165, 1.54) is 17.0 Å². The molecule has 0 aliphatic carbocycles. The van der Waals surface area contributed by atoms with Gasteiger partial charge in [0.25, 0.3) is 0 Å². The van der Waals surface area contributed by atoms with Crippen LogP contribution in [0.2, 0.25) is 5.02 Å². The van der Waals surface area contributed by atoms with Gasteiger partial charge in [0.2, 0.25) is 0 Å². The third kappa shape index (κ3) is 2.79. The molecule has 2 N–H and O–H groups in total. The summed E-state index contributed by atoms with van der Waals surface area (Å²) in [5, 5.41) is 1.49. The van der Waals surface area contributed by atoms with Gasteiger partial charge in [-0.15, -0.1) is 0 Å². The van der Waals surface area contributed by atoms with Gasteiger partial charge in [0.05, 0.1) is 10.7 Å². The smallest absolute Gasteiger partial charge is 0.0642 e. The summed E-state index contributed by atoms with van der Waals surface area (Å²) >= 11 is 8.46. The molecule has 1 aliphatic rings. The minimum Gasteiger partial charge on any atom is -0.365 e. The molecule has 2 unspecified atom stereocenters. The monoisotopic (exact) mass is 284 g/mol. The molecule has 0 radical (unpaired) electrons. The lowest BCUT2D eigenvalue weighted by Gasteiger charge is -2.40. The lowest BCUT2D eigenvalue weighted by Crippen LogP contribution is -2.45. The minimum atomic E-state index is 0.514. The van der Waals surface area contributed by atoms with Gasteiger partial charge in [0.1, 0.15) is 0 Å². The highest BCUT2D eigenvalue weighted by atomic mass is 35.5. The molecule has 1 aromatic rings. The van der Waals surface area contributed by atoms with E-state index in [2.05, 4.69) is 24.8 Å². The number of hydrogen-bond acceptors (Lipinski definition) is 3. The lowest BCUT2D eigenvalue weighted by atomic mass is 10.1. The van der Waals surface area contributed by atoms with E-state index < -0.39 is 0 Å². The molecular weight excluding hydrogens is 264 g/mol. The fraction of sp³-hybridized carbons (Fsp3) is 0.571. The third-order valence-corrected chi connectivity index (χ3v) is 5.30. The van der Waals surface area contributed by atoms with Crippen molar-refractivity contribution in [1.29, 1.82) is 0 Å². The first-order valence-corrected chi connectivity index (χ1v) is 7.93. The van der Waals surface area contributed by atoms with Crippen LogP contribution < -0.4 is 10.6 Å². The van der Waals surface area contributed by atoms with E-state index in [0.717, 1.165) is 18.0 Å². The summed E-state index contributed by atoms with van der Waals surface area (Å²) in [7, 11) is 0. The van der Waals surface area contributed by atoms with Crippen molar-refractivity contribution in [2.45, 2.75) is 31.6 Å². The van der Waals surface area contributed by atoms with Crippen LogP contribution >= 0.6 is 23.4 Å². The van der Waals surface area contributed by atoms with Crippen LogP contribution in [-0.4, -0.2) is 30.1 Å². The highest BCUT2D eigenvalue weighted by Crippen LogP contribution is 2.36. The number of halogens is 1. The summed E-state index contributed by atoms with van der Waals surface area (Å²) in [5.74, 6) is 1.17. The van der Waals surface area contributed by atoms with Crippen LogP contribution in [0.5, 0.6) is 0 Å². The Kier molecular flexibility index (Phi) is 4.82. The SMILES string of the molecule is CC1SCCN(c2c(Cl)cccc2CCN)C1C. The minimum absolute atomic E-state index is 0.514. The largest absolute Gasteiger partial charge is 0.365 e. The van der Waals surface area contributed by atoms with Crippen molar-refractivity contribution >= 4 is 29.1 Å². The van der Waals surface area contributed by atoms with Gasteiger partial charge in [-0.25, -0.2) is 0 Å². The number of rotatable bonds is 3. The Hall–Kier alpha value is -0.380. The summed E-state index contributed by atoms with van der Waals surface area (Å²) in [4.78, 5) is 2.45. The van der Waals surface area contributed by atoms with Crippen LogP contribution in [0.3, 0.4) is 0 Å². The molecule has 0 saturated carbocycles. The molecule has 18 heavy (non-hydrogen) atoms. The molecule has 2 atom stereocenters. The van der Waals surface area contributed by atoms with Crippen LogP contribution in [0.15, 0.2) is 18.2 Å². The molecule has 0 aromatic heterocycles. The standard InChI is InChI=1S/C14H21ClN2S/c1-10-11(2)18-9-8-17(10)14-12(6-7-16)4-3-5-13(14)15/h3-5,10-11H,6-9,16H2,1-2H3. The van der Waals surface area contributed by atoms with Crippen molar-refractivity contribution in [1.82, 2.24) is 0 Å². The van der Waals surface area contributed by atoms with Crippen molar-refractivity contribution < 1.29 is 0 Å². The fourth-order valence-corrected chi connectivity index (χ4v) is 3.89. The van der Waals surface area contributed by atoms with E-state index >= 15 is 0 Å². The average Bonchev–Trinajstić information content (AvgIpc) is 2.34. The summed E-state index contributed by atoms with van der Waals surface area (Å²) in [6.07, 6.45) is 0.890. The van der Waals surface area contributed by atoms with Gasteiger partial charge in [0, 0.05) is 23.6 Å². The van der Waals surface area contributed by atoms with Crippen LogP contribution in [0.4, 0.5) is 5.69 Å². The number of thioether (sulfide) groups is 1. The predicted octanol–water partition coefficient (Wildman–Crippen LogP) is 3.17. The average molecular weight is 285 g/mol. The molecule has 0 amide bonds. The first-order chi connectivity index (χ1) is 8.65. The Morgan fingerprint density at radius 2 is 2.22 bits per heavy atom. The summed E-state index contributed by atoms with van der Waals surface area (Å²) in [6.45, 7) is 6.31. The number of benzene rings is 1. The molecule has 1 fully saturated rings. The van der Waals surface area contributed by atoms with Gasteiger partial charge in [-0.1, -0.05) is 30.7 Å². The van der Waals surface area contributed by atoms with Crippen molar-refractivity contribution in [2.75, 3.05) is 23.7 Å². The Balaban J connectivity index is 2.36. The summed E-state index contributed by atoms with van der Waals surface area (Å²) < 4.78 is 0.